The lowest BCUT2D eigenvalue weighted by Crippen LogP contribution is -2.42. The molecule has 1 aromatic rings. The summed E-state index contributed by atoms with van der Waals surface area (Å²) in [7, 11) is 3.03. The molecule has 0 bridgehead atoms. The average molecular weight is 281 g/mol. The number of likely N-dealkylation sites (N-methyl/N-ethyl adjacent to an activating group) is 1. The van der Waals surface area contributed by atoms with Gasteiger partial charge in [0.2, 0.25) is 0 Å². The average Bonchev–Trinajstić information content (AvgIpc) is 2.41. The molecule has 0 spiro atoms. The minimum atomic E-state index is -0.947. The molecule has 0 saturated carbocycles. The lowest BCUT2D eigenvalue weighted by Gasteiger charge is -2.28. The van der Waals surface area contributed by atoms with Gasteiger partial charge in [-0.1, -0.05) is 6.07 Å². The number of ether oxygens (including phenoxy) is 2. The largest absolute Gasteiger partial charge is 0.493 e. The van der Waals surface area contributed by atoms with E-state index >= 15 is 0 Å². The van der Waals surface area contributed by atoms with Crippen LogP contribution in [0, 0.1) is 0 Å². The van der Waals surface area contributed by atoms with Crippen molar-refractivity contribution in [2.45, 2.75) is 26.4 Å². The SMILES string of the molecule is CCN(CC(C)(C)O)C(=O)c1cccc(OC)c1OC. The number of carbonyl (C=O) groups excluding carboxylic acids is 1. The number of benzene rings is 1. The summed E-state index contributed by atoms with van der Waals surface area (Å²) in [6, 6.07) is 5.17. The second-order valence-corrected chi connectivity index (χ2v) is 5.17. The zero-order valence-corrected chi connectivity index (χ0v) is 12.8. The maximum atomic E-state index is 12.6. The van der Waals surface area contributed by atoms with Crippen LogP contribution in [-0.4, -0.2) is 48.8 Å². The topological polar surface area (TPSA) is 59.0 Å². The van der Waals surface area contributed by atoms with Crippen molar-refractivity contribution in [2.24, 2.45) is 0 Å². The summed E-state index contributed by atoms with van der Waals surface area (Å²) in [6.07, 6.45) is 0. The molecule has 1 rings (SSSR count). The summed E-state index contributed by atoms with van der Waals surface area (Å²) in [5, 5.41) is 9.89. The maximum Gasteiger partial charge on any atom is 0.257 e. The van der Waals surface area contributed by atoms with Gasteiger partial charge >= 0.3 is 0 Å². The van der Waals surface area contributed by atoms with Crippen LogP contribution in [0.15, 0.2) is 18.2 Å². The molecular formula is C15H23NO4. The Morgan fingerprint density at radius 1 is 1.30 bits per heavy atom. The normalized spacial score (nSPS) is 11.1. The van der Waals surface area contributed by atoms with Crippen molar-refractivity contribution < 1.29 is 19.4 Å². The van der Waals surface area contributed by atoms with E-state index in [9.17, 15) is 9.90 Å². The number of carbonyl (C=O) groups is 1. The minimum Gasteiger partial charge on any atom is -0.493 e. The van der Waals surface area contributed by atoms with Crippen molar-refractivity contribution in [3.8, 4) is 11.5 Å². The summed E-state index contributed by atoms with van der Waals surface area (Å²) in [5.41, 5.74) is -0.518. The van der Waals surface area contributed by atoms with Gasteiger partial charge < -0.3 is 19.5 Å². The summed E-state index contributed by atoms with van der Waals surface area (Å²) < 4.78 is 10.5. The Hall–Kier alpha value is -1.75. The van der Waals surface area contributed by atoms with E-state index in [1.54, 1.807) is 36.9 Å². The van der Waals surface area contributed by atoms with Gasteiger partial charge in [0.25, 0.3) is 5.91 Å². The predicted molar refractivity (Wildman–Crippen MR) is 77.4 cm³/mol. The van der Waals surface area contributed by atoms with Gasteiger partial charge in [0.15, 0.2) is 11.5 Å². The molecule has 0 aliphatic rings. The van der Waals surface area contributed by atoms with Crippen molar-refractivity contribution in [1.82, 2.24) is 4.90 Å². The first-order valence-corrected chi connectivity index (χ1v) is 6.56. The number of para-hydroxylation sites is 1. The fourth-order valence-corrected chi connectivity index (χ4v) is 2.02. The smallest absolute Gasteiger partial charge is 0.257 e. The fraction of sp³-hybridized carbons (Fsp3) is 0.533. The van der Waals surface area contributed by atoms with Crippen molar-refractivity contribution in [2.75, 3.05) is 27.3 Å². The van der Waals surface area contributed by atoms with Gasteiger partial charge in [-0.25, -0.2) is 0 Å². The molecule has 1 aromatic carbocycles. The Morgan fingerprint density at radius 2 is 1.95 bits per heavy atom. The van der Waals surface area contributed by atoms with E-state index in [0.717, 1.165) is 0 Å². The summed E-state index contributed by atoms with van der Waals surface area (Å²) in [5.74, 6) is 0.734. The van der Waals surface area contributed by atoms with E-state index in [0.29, 0.717) is 23.6 Å². The second-order valence-electron chi connectivity index (χ2n) is 5.17. The van der Waals surface area contributed by atoms with Crippen molar-refractivity contribution in [3.05, 3.63) is 23.8 Å². The number of aliphatic hydroxyl groups is 1. The van der Waals surface area contributed by atoms with Gasteiger partial charge in [0, 0.05) is 13.1 Å². The maximum absolute atomic E-state index is 12.6. The Morgan fingerprint density at radius 3 is 2.40 bits per heavy atom. The quantitative estimate of drug-likeness (QED) is 0.865. The molecule has 0 aliphatic carbocycles. The molecular weight excluding hydrogens is 258 g/mol. The van der Waals surface area contributed by atoms with Crippen LogP contribution in [0.5, 0.6) is 11.5 Å². The Kier molecular flexibility index (Phi) is 5.39. The molecule has 0 unspecified atom stereocenters. The van der Waals surface area contributed by atoms with Crippen LogP contribution >= 0.6 is 0 Å². The molecule has 20 heavy (non-hydrogen) atoms. The van der Waals surface area contributed by atoms with Gasteiger partial charge in [-0.2, -0.15) is 0 Å². The fourth-order valence-electron chi connectivity index (χ4n) is 2.02. The highest BCUT2D eigenvalue weighted by Crippen LogP contribution is 2.31. The number of hydrogen-bond acceptors (Lipinski definition) is 4. The number of rotatable bonds is 6. The first kappa shape index (κ1) is 16.3. The van der Waals surface area contributed by atoms with Crippen LogP contribution in [-0.2, 0) is 0 Å². The molecule has 1 amide bonds. The van der Waals surface area contributed by atoms with Crippen LogP contribution < -0.4 is 9.47 Å². The van der Waals surface area contributed by atoms with Gasteiger partial charge in [0.05, 0.1) is 25.4 Å². The molecule has 0 saturated heterocycles. The molecule has 0 atom stereocenters. The Bertz CT molecular complexity index is 465. The van der Waals surface area contributed by atoms with E-state index in [1.165, 1.54) is 14.2 Å². The molecule has 0 aromatic heterocycles. The number of hydrogen-bond donors (Lipinski definition) is 1. The molecule has 0 aliphatic heterocycles. The molecule has 5 nitrogen and oxygen atoms in total. The van der Waals surface area contributed by atoms with E-state index in [2.05, 4.69) is 0 Å². The Balaban J connectivity index is 3.13. The van der Waals surface area contributed by atoms with E-state index in [4.69, 9.17) is 9.47 Å². The van der Waals surface area contributed by atoms with Crippen molar-refractivity contribution in [1.29, 1.82) is 0 Å². The molecule has 0 heterocycles. The third-order valence-electron chi connectivity index (χ3n) is 2.88. The highest BCUT2D eigenvalue weighted by molar-refractivity contribution is 5.97. The van der Waals surface area contributed by atoms with Crippen LogP contribution in [0.25, 0.3) is 0 Å². The highest BCUT2D eigenvalue weighted by atomic mass is 16.5. The molecule has 1 N–H and O–H groups in total. The zero-order chi connectivity index (χ0) is 15.3. The summed E-state index contributed by atoms with van der Waals surface area (Å²) in [6.45, 7) is 5.97. The van der Waals surface area contributed by atoms with Gasteiger partial charge in [0.1, 0.15) is 0 Å². The monoisotopic (exact) mass is 281 g/mol. The van der Waals surface area contributed by atoms with E-state index < -0.39 is 5.60 Å². The van der Waals surface area contributed by atoms with Crippen LogP contribution in [0.1, 0.15) is 31.1 Å². The van der Waals surface area contributed by atoms with Gasteiger partial charge in [-0.3, -0.25) is 4.79 Å². The van der Waals surface area contributed by atoms with Gasteiger partial charge in [-0.05, 0) is 32.9 Å². The third-order valence-corrected chi connectivity index (χ3v) is 2.88. The number of nitrogens with zero attached hydrogens (tertiary/aromatic N) is 1. The Labute approximate surface area is 120 Å². The minimum absolute atomic E-state index is 0.189. The predicted octanol–water partition coefficient (Wildman–Crippen LogP) is 1.94. The van der Waals surface area contributed by atoms with Crippen LogP contribution in [0.4, 0.5) is 0 Å². The first-order valence-electron chi connectivity index (χ1n) is 6.56. The molecule has 112 valence electrons. The number of amides is 1. The van der Waals surface area contributed by atoms with Gasteiger partial charge in [-0.15, -0.1) is 0 Å². The zero-order valence-electron chi connectivity index (χ0n) is 12.8. The molecule has 0 fully saturated rings. The third kappa shape index (κ3) is 3.87. The number of methoxy groups -OCH3 is 2. The summed E-state index contributed by atoms with van der Waals surface area (Å²) in [4.78, 5) is 14.2. The first-order chi connectivity index (χ1) is 9.34. The van der Waals surface area contributed by atoms with Crippen LogP contribution in [0.2, 0.25) is 0 Å². The van der Waals surface area contributed by atoms with E-state index in [1.807, 2.05) is 6.92 Å². The molecule has 0 radical (unpaired) electrons. The summed E-state index contributed by atoms with van der Waals surface area (Å²) >= 11 is 0. The standard InChI is InChI=1S/C15H23NO4/c1-6-16(10-15(2,3)18)14(17)11-8-7-9-12(19-4)13(11)20-5/h7-9,18H,6,10H2,1-5H3. The van der Waals surface area contributed by atoms with Crippen LogP contribution in [0.3, 0.4) is 0 Å². The highest BCUT2D eigenvalue weighted by Gasteiger charge is 2.25. The lowest BCUT2D eigenvalue weighted by molar-refractivity contribution is 0.0313. The second kappa shape index (κ2) is 6.61. The van der Waals surface area contributed by atoms with Crippen molar-refractivity contribution >= 4 is 5.91 Å². The molecule has 5 heteroatoms. The van der Waals surface area contributed by atoms with Crippen molar-refractivity contribution in [3.63, 3.8) is 0 Å². The lowest BCUT2D eigenvalue weighted by atomic mass is 10.1. The van der Waals surface area contributed by atoms with E-state index in [-0.39, 0.29) is 12.5 Å².